The van der Waals surface area contributed by atoms with Gasteiger partial charge in [-0.05, 0) is 19.4 Å². The van der Waals surface area contributed by atoms with Gasteiger partial charge in [0.25, 0.3) is 0 Å². The monoisotopic (exact) mass is 165 g/mol. The minimum absolute atomic E-state index is 0.00694. The van der Waals surface area contributed by atoms with Crippen molar-refractivity contribution in [3.05, 3.63) is 23.5 Å². The number of Topliss-reactive ketones (excluding diaryl/α,β-unsaturated/α-hetero) is 1. The fourth-order valence-electron chi connectivity index (χ4n) is 1.11. The molecule has 3 heteroatoms. The molecule has 0 atom stereocenters. The molecule has 1 aromatic heterocycles. The van der Waals surface area contributed by atoms with Crippen molar-refractivity contribution in [2.24, 2.45) is 0 Å². The van der Waals surface area contributed by atoms with Gasteiger partial charge in [0.2, 0.25) is 5.91 Å². The molecular formula is C9H11NO2. The Morgan fingerprint density at radius 3 is 2.08 bits per heavy atom. The van der Waals surface area contributed by atoms with Crippen LogP contribution in [0.1, 0.15) is 34.6 Å². The van der Waals surface area contributed by atoms with Crippen LogP contribution in [-0.2, 0) is 0 Å². The van der Waals surface area contributed by atoms with Crippen LogP contribution in [0, 0.1) is 6.92 Å². The van der Waals surface area contributed by atoms with Gasteiger partial charge in [0.05, 0.1) is 0 Å². The third-order valence-corrected chi connectivity index (χ3v) is 1.77. The summed E-state index contributed by atoms with van der Waals surface area (Å²) in [5.74, 6) is -0.0851. The molecule has 0 fully saturated rings. The van der Waals surface area contributed by atoms with Crippen molar-refractivity contribution in [3.8, 4) is 0 Å². The molecule has 64 valence electrons. The number of nitrogens with zero attached hydrogens (tertiary/aromatic N) is 1. The number of aryl methyl sites for hydroxylation is 1. The van der Waals surface area contributed by atoms with Crippen molar-refractivity contribution in [2.45, 2.75) is 20.8 Å². The van der Waals surface area contributed by atoms with Gasteiger partial charge in [-0.1, -0.05) is 0 Å². The lowest BCUT2D eigenvalue weighted by Crippen LogP contribution is -2.01. The predicted octanol–water partition coefficient (Wildman–Crippen LogP) is 1.66. The average Bonchev–Trinajstić information content (AvgIpc) is 2.30. The number of rotatable bonds is 1. The van der Waals surface area contributed by atoms with Crippen LogP contribution in [0.25, 0.3) is 0 Å². The highest BCUT2D eigenvalue weighted by Crippen LogP contribution is 2.09. The van der Waals surface area contributed by atoms with Crippen LogP contribution in [0.15, 0.2) is 12.4 Å². The fourth-order valence-corrected chi connectivity index (χ4v) is 1.11. The normalized spacial score (nSPS) is 9.92. The molecule has 1 aromatic rings. The van der Waals surface area contributed by atoms with Crippen LogP contribution in [-0.4, -0.2) is 16.3 Å². The second-order valence-corrected chi connectivity index (χ2v) is 2.84. The van der Waals surface area contributed by atoms with E-state index in [1.807, 2.05) is 6.92 Å². The maximum absolute atomic E-state index is 11.0. The standard InChI is InChI=1S/C9H11NO2/c1-6-4-10(8(3)12)5-9(6)7(2)11/h4-5H,1-3H3. The number of carbonyl (C=O) groups excluding carboxylic acids is 2. The van der Waals surface area contributed by atoms with E-state index in [9.17, 15) is 9.59 Å². The lowest BCUT2D eigenvalue weighted by molar-refractivity contribution is 0.0936. The van der Waals surface area contributed by atoms with E-state index in [1.54, 1.807) is 12.4 Å². The maximum atomic E-state index is 11.0. The topological polar surface area (TPSA) is 39.1 Å². The molecule has 0 radical (unpaired) electrons. The molecular weight excluding hydrogens is 154 g/mol. The van der Waals surface area contributed by atoms with Crippen LogP contribution < -0.4 is 0 Å². The van der Waals surface area contributed by atoms with Crippen LogP contribution >= 0.6 is 0 Å². The van der Waals surface area contributed by atoms with Crippen molar-refractivity contribution in [1.82, 2.24) is 4.57 Å². The third-order valence-electron chi connectivity index (χ3n) is 1.77. The van der Waals surface area contributed by atoms with Crippen LogP contribution in [0.5, 0.6) is 0 Å². The van der Waals surface area contributed by atoms with Gasteiger partial charge in [0, 0.05) is 24.9 Å². The van der Waals surface area contributed by atoms with Crippen molar-refractivity contribution in [2.75, 3.05) is 0 Å². The Hall–Kier alpha value is -1.38. The van der Waals surface area contributed by atoms with Gasteiger partial charge in [-0.25, -0.2) is 0 Å². The average molecular weight is 165 g/mol. The smallest absolute Gasteiger partial charge is 0.227 e. The lowest BCUT2D eigenvalue weighted by Gasteiger charge is -1.90. The molecule has 0 spiro atoms. The van der Waals surface area contributed by atoms with Gasteiger partial charge in [-0.3, -0.25) is 14.2 Å². The Labute approximate surface area is 71.0 Å². The number of carbonyl (C=O) groups is 2. The molecule has 0 aliphatic rings. The first-order chi connectivity index (χ1) is 5.52. The summed E-state index contributed by atoms with van der Waals surface area (Å²) in [5, 5.41) is 0. The predicted molar refractivity (Wildman–Crippen MR) is 45.5 cm³/mol. The van der Waals surface area contributed by atoms with Gasteiger partial charge < -0.3 is 0 Å². The van der Waals surface area contributed by atoms with Crippen LogP contribution in [0.4, 0.5) is 0 Å². The molecule has 3 nitrogen and oxygen atoms in total. The van der Waals surface area contributed by atoms with E-state index in [1.165, 1.54) is 18.4 Å². The SMILES string of the molecule is CC(=O)c1cn(C(C)=O)cc1C. The maximum Gasteiger partial charge on any atom is 0.227 e. The highest BCUT2D eigenvalue weighted by molar-refractivity contribution is 5.96. The van der Waals surface area contributed by atoms with E-state index in [-0.39, 0.29) is 11.7 Å². The molecule has 0 amide bonds. The Morgan fingerprint density at radius 1 is 1.25 bits per heavy atom. The molecule has 0 aliphatic carbocycles. The molecule has 0 aromatic carbocycles. The Balaban J connectivity index is 3.17. The zero-order valence-electron chi connectivity index (χ0n) is 7.42. The molecule has 12 heavy (non-hydrogen) atoms. The van der Waals surface area contributed by atoms with Crippen molar-refractivity contribution >= 4 is 11.7 Å². The largest absolute Gasteiger partial charge is 0.294 e. The first-order valence-electron chi connectivity index (χ1n) is 3.73. The molecule has 0 saturated carbocycles. The third kappa shape index (κ3) is 1.44. The van der Waals surface area contributed by atoms with Gasteiger partial charge in [-0.2, -0.15) is 0 Å². The Morgan fingerprint density at radius 2 is 1.83 bits per heavy atom. The van der Waals surface area contributed by atoms with E-state index in [2.05, 4.69) is 0 Å². The molecule has 0 unspecified atom stereocenters. The minimum Gasteiger partial charge on any atom is -0.294 e. The zero-order valence-corrected chi connectivity index (χ0v) is 7.42. The molecule has 1 rings (SSSR count). The minimum atomic E-state index is -0.0781. The summed E-state index contributed by atoms with van der Waals surface area (Å²) < 4.78 is 1.42. The van der Waals surface area contributed by atoms with Gasteiger partial charge in [-0.15, -0.1) is 0 Å². The zero-order chi connectivity index (χ0) is 9.30. The first kappa shape index (κ1) is 8.71. The summed E-state index contributed by atoms with van der Waals surface area (Å²) in [5.41, 5.74) is 1.46. The second kappa shape index (κ2) is 2.93. The highest BCUT2D eigenvalue weighted by atomic mass is 16.1. The Kier molecular flexibility index (Phi) is 2.13. The molecule has 1 heterocycles. The molecule has 0 bridgehead atoms. The van der Waals surface area contributed by atoms with Gasteiger partial charge in [0.15, 0.2) is 5.78 Å². The first-order valence-corrected chi connectivity index (χ1v) is 3.73. The second-order valence-electron chi connectivity index (χ2n) is 2.84. The number of hydrogen-bond acceptors (Lipinski definition) is 2. The summed E-state index contributed by atoms with van der Waals surface area (Å²) in [7, 11) is 0. The Bertz CT molecular complexity index is 336. The number of aromatic nitrogens is 1. The molecule has 0 aliphatic heterocycles. The van der Waals surface area contributed by atoms with Crippen LogP contribution in [0.3, 0.4) is 0 Å². The van der Waals surface area contributed by atoms with Crippen molar-refractivity contribution in [1.29, 1.82) is 0 Å². The quantitative estimate of drug-likeness (QED) is 0.593. The summed E-state index contributed by atoms with van der Waals surface area (Å²) >= 11 is 0. The van der Waals surface area contributed by atoms with Crippen LogP contribution in [0.2, 0.25) is 0 Å². The van der Waals surface area contributed by atoms with E-state index in [4.69, 9.17) is 0 Å². The van der Waals surface area contributed by atoms with Gasteiger partial charge >= 0.3 is 0 Å². The number of ketones is 1. The molecule has 0 saturated heterocycles. The lowest BCUT2D eigenvalue weighted by atomic mass is 10.2. The summed E-state index contributed by atoms with van der Waals surface area (Å²) in [6.45, 7) is 4.77. The summed E-state index contributed by atoms with van der Waals surface area (Å²) in [6, 6.07) is 0. The number of hydrogen-bond donors (Lipinski definition) is 0. The van der Waals surface area contributed by atoms with Crippen molar-refractivity contribution in [3.63, 3.8) is 0 Å². The van der Waals surface area contributed by atoms with Gasteiger partial charge in [0.1, 0.15) is 0 Å². The molecule has 0 N–H and O–H groups in total. The highest BCUT2D eigenvalue weighted by Gasteiger charge is 2.08. The van der Waals surface area contributed by atoms with E-state index in [0.29, 0.717) is 5.56 Å². The van der Waals surface area contributed by atoms with E-state index in [0.717, 1.165) is 5.56 Å². The summed E-state index contributed by atoms with van der Waals surface area (Å²) in [6.07, 6.45) is 3.24. The van der Waals surface area contributed by atoms with E-state index < -0.39 is 0 Å². The van der Waals surface area contributed by atoms with Crippen molar-refractivity contribution < 1.29 is 9.59 Å². The summed E-state index contributed by atoms with van der Waals surface area (Å²) in [4.78, 5) is 21.9. The fraction of sp³-hybridized carbons (Fsp3) is 0.333. The van der Waals surface area contributed by atoms with E-state index >= 15 is 0 Å².